The number of ketones is 2. The molecule has 0 unspecified atom stereocenters. The molecule has 0 saturated heterocycles. The van der Waals surface area contributed by atoms with Crippen molar-refractivity contribution in [2.45, 2.75) is 4.90 Å². The molecule has 3 aromatic rings. The smallest absolute Gasteiger partial charge is 0.296 e. The van der Waals surface area contributed by atoms with E-state index in [9.17, 15) is 27.7 Å². The van der Waals surface area contributed by atoms with Crippen LogP contribution in [0.15, 0.2) is 65.6 Å². The number of para-hydroxylation sites is 1. The molecular weight excluding hydrogens is 405 g/mol. The fourth-order valence-corrected chi connectivity index (χ4v) is 3.90. The van der Waals surface area contributed by atoms with Crippen LogP contribution in [0.2, 0.25) is 0 Å². The monoisotopic (exact) mass is 418 g/mol. The van der Waals surface area contributed by atoms with Crippen LogP contribution in [0.4, 0.5) is 11.4 Å². The third kappa shape index (κ3) is 3.61. The molecule has 0 spiro atoms. The maximum absolute atomic E-state index is 13.0. The first-order valence-electron chi connectivity index (χ1n) is 8.17. The largest absolute Gasteiger partial charge is 0.507 e. The van der Waals surface area contributed by atoms with E-state index >= 15 is 0 Å². The van der Waals surface area contributed by atoms with E-state index in [0.29, 0.717) is 0 Å². The number of aromatic hydroxyl groups is 1. The molecule has 0 aromatic heterocycles. The van der Waals surface area contributed by atoms with E-state index in [1.807, 2.05) is 0 Å². The van der Waals surface area contributed by atoms with Gasteiger partial charge >= 0.3 is 0 Å². The average Bonchev–Trinajstić information content (AvgIpc) is 2.67. The van der Waals surface area contributed by atoms with Crippen molar-refractivity contribution < 1.29 is 27.7 Å². The molecule has 0 fully saturated rings. The van der Waals surface area contributed by atoms with Crippen molar-refractivity contribution in [3.63, 3.8) is 0 Å². The standard InChI is InChI=1S/C20H13NO6S.Na/c22-15-10-9-14(21-13-7-3-4-8-16(13)28(25,26)27)17-18(15)20(24)12-6-2-1-5-11(12)19(17)23;/h1-10,21-22H,(H,25,26,27);. The molecule has 1 aliphatic carbocycles. The van der Waals surface area contributed by atoms with E-state index in [0.717, 1.165) is 0 Å². The number of phenolic OH excluding ortho intramolecular Hbond substituents is 1. The summed E-state index contributed by atoms with van der Waals surface area (Å²) in [5.74, 6) is -1.33. The Labute approximate surface area is 188 Å². The van der Waals surface area contributed by atoms with Crippen molar-refractivity contribution in [1.82, 2.24) is 0 Å². The first-order chi connectivity index (χ1) is 13.3. The van der Waals surface area contributed by atoms with Gasteiger partial charge in [0.05, 0.1) is 22.5 Å². The molecule has 0 bridgehead atoms. The van der Waals surface area contributed by atoms with Gasteiger partial charge in [0.15, 0.2) is 11.6 Å². The van der Waals surface area contributed by atoms with Gasteiger partial charge in [0.2, 0.25) is 0 Å². The number of phenols is 1. The fraction of sp³-hybridized carbons (Fsp3) is 0. The molecule has 0 aliphatic heterocycles. The summed E-state index contributed by atoms with van der Waals surface area (Å²) >= 11 is 0. The second-order valence-corrected chi connectivity index (χ2v) is 7.57. The minimum atomic E-state index is -4.52. The second-order valence-electron chi connectivity index (χ2n) is 6.18. The quantitative estimate of drug-likeness (QED) is 0.266. The van der Waals surface area contributed by atoms with Crippen LogP contribution in [0.1, 0.15) is 31.8 Å². The number of nitrogens with one attached hydrogen (secondary N) is 1. The van der Waals surface area contributed by atoms with Crippen LogP contribution in [-0.4, -0.2) is 59.2 Å². The van der Waals surface area contributed by atoms with Gasteiger partial charge in [-0.2, -0.15) is 8.42 Å². The molecule has 0 amide bonds. The van der Waals surface area contributed by atoms with Gasteiger partial charge in [-0.25, -0.2) is 0 Å². The van der Waals surface area contributed by atoms with Gasteiger partial charge in [-0.1, -0.05) is 36.4 Å². The topological polar surface area (TPSA) is 121 Å². The van der Waals surface area contributed by atoms with Crippen LogP contribution in [0, 0.1) is 0 Å². The average molecular weight is 418 g/mol. The van der Waals surface area contributed by atoms with E-state index in [1.165, 1.54) is 42.5 Å². The van der Waals surface area contributed by atoms with Crippen LogP contribution >= 0.6 is 0 Å². The van der Waals surface area contributed by atoms with Gasteiger partial charge in [0.1, 0.15) is 10.6 Å². The summed E-state index contributed by atoms with van der Waals surface area (Å²) in [6.07, 6.45) is 0. The zero-order chi connectivity index (χ0) is 20.1. The molecule has 0 heterocycles. The molecule has 3 N–H and O–H groups in total. The summed E-state index contributed by atoms with van der Waals surface area (Å²) < 4.78 is 32.7. The number of hydrogen-bond donors (Lipinski definition) is 3. The maximum Gasteiger partial charge on any atom is 0.296 e. The van der Waals surface area contributed by atoms with Gasteiger partial charge in [-0.05, 0) is 24.3 Å². The first kappa shape index (κ1) is 21.2. The Morgan fingerprint density at radius 2 is 1.28 bits per heavy atom. The summed E-state index contributed by atoms with van der Waals surface area (Å²) in [7, 11) is -4.52. The van der Waals surface area contributed by atoms with Crippen LogP contribution in [0.5, 0.6) is 5.75 Å². The third-order valence-corrected chi connectivity index (χ3v) is 5.40. The summed E-state index contributed by atoms with van der Waals surface area (Å²) in [5, 5.41) is 13.0. The summed E-state index contributed by atoms with van der Waals surface area (Å²) in [6.45, 7) is 0. The number of carbonyl (C=O) groups is 2. The SMILES string of the molecule is O=C1c2ccccc2C(=O)c2c(Nc3ccccc3S(=O)(=O)O)ccc(O)c21.[Na]. The third-order valence-electron chi connectivity index (χ3n) is 4.49. The zero-order valence-corrected chi connectivity index (χ0v) is 18.0. The molecule has 3 aromatic carbocycles. The molecule has 0 atom stereocenters. The summed E-state index contributed by atoms with van der Waals surface area (Å²) in [6, 6.07) is 14.5. The van der Waals surface area contributed by atoms with Gasteiger partial charge in [-0.15, -0.1) is 0 Å². The number of benzene rings is 3. The van der Waals surface area contributed by atoms with Crippen LogP contribution < -0.4 is 5.32 Å². The van der Waals surface area contributed by atoms with E-state index in [-0.39, 0.29) is 73.8 Å². The van der Waals surface area contributed by atoms with Gasteiger partial charge in [0.25, 0.3) is 10.1 Å². The van der Waals surface area contributed by atoms with Crippen LogP contribution in [0.25, 0.3) is 0 Å². The molecule has 0 saturated carbocycles. The Bertz CT molecular complexity index is 1270. The molecule has 1 aliphatic rings. The Morgan fingerprint density at radius 1 is 0.724 bits per heavy atom. The van der Waals surface area contributed by atoms with E-state index in [1.54, 1.807) is 18.2 Å². The summed E-state index contributed by atoms with van der Waals surface area (Å²) in [4.78, 5) is 25.5. The molecule has 1 radical (unpaired) electrons. The predicted molar refractivity (Wildman–Crippen MR) is 107 cm³/mol. The van der Waals surface area contributed by atoms with Crippen molar-refractivity contribution >= 4 is 62.6 Å². The van der Waals surface area contributed by atoms with E-state index in [4.69, 9.17) is 0 Å². The number of anilines is 2. The van der Waals surface area contributed by atoms with Gasteiger partial charge < -0.3 is 10.4 Å². The Balaban J connectivity index is 0.00000240. The normalized spacial score (nSPS) is 12.6. The van der Waals surface area contributed by atoms with Crippen molar-refractivity contribution in [2.24, 2.45) is 0 Å². The molecule has 29 heavy (non-hydrogen) atoms. The Kier molecular flexibility index (Phi) is 5.66. The Hall–Kier alpha value is -2.49. The van der Waals surface area contributed by atoms with E-state index < -0.39 is 21.7 Å². The van der Waals surface area contributed by atoms with Gasteiger partial charge in [0, 0.05) is 40.7 Å². The van der Waals surface area contributed by atoms with Crippen molar-refractivity contribution in [3.05, 3.63) is 82.9 Å². The second kappa shape index (κ2) is 7.74. The molecule has 141 valence electrons. The molecule has 4 rings (SSSR count). The maximum atomic E-state index is 13.0. The van der Waals surface area contributed by atoms with E-state index in [2.05, 4.69) is 5.32 Å². The number of fused-ring (bicyclic) bond motifs is 2. The molecule has 9 heteroatoms. The molecular formula is C20H13NNaO6S. The first-order valence-corrected chi connectivity index (χ1v) is 9.61. The summed E-state index contributed by atoms with van der Waals surface area (Å²) in [5.41, 5.74) is 0.322. The predicted octanol–water partition coefficient (Wildman–Crippen LogP) is 2.78. The minimum absolute atomic E-state index is 0. The Morgan fingerprint density at radius 3 is 1.90 bits per heavy atom. The van der Waals surface area contributed by atoms with Crippen molar-refractivity contribution in [3.8, 4) is 5.75 Å². The van der Waals surface area contributed by atoms with Crippen molar-refractivity contribution in [2.75, 3.05) is 5.32 Å². The van der Waals surface area contributed by atoms with Gasteiger partial charge in [-0.3, -0.25) is 14.1 Å². The number of rotatable bonds is 3. The minimum Gasteiger partial charge on any atom is -0.507 e. The number of carbonyl (C=O) groups excluding carboxylic acids is 2. The molecule has 7 nitrogen and oxygen atoms in total. The van der Waals surface area contributed by atoms with Crippen LogP contribution in [0.3, 0.4) is 0 Å². The fourth-order valence-electron chi connectivity index (χ4n) is 3.25. The van der Waals surface area contributed by atoms with Crippen molar-refractivity contribution in [1.29, 1.82) is 0 Å². The zero-order valence-electron chi connectivity index (χ0n) is 15.2. The van der Waals surface area contributed by atoms with Crippen LogP contribution in [-0.2, 0) is 10.1 Å². The number of hydrogen-bond acceptors (Lipinski definition) is 6.